The van der Waals surface area contributed by atoms with Gasteiger partial charge in [0.15, 0.2) is 0 Å². The SMILES string of the molecule is CCCCCNC1CC(c2ccccc2C)C1. The molecule has 0 radical (unpaired) electrons. The Labute approximate surface area is 106 Å². The van der Waals surface area contributed by atoms with Gasteiger partial charge in [0.05, 0.1) is 0 Å². The molecule has 0 heterocycles. The second-order valence-corrected chi connectivity index (χ2v) is 5.38. The fraction of sp³-hybridized carbons (Fsp3) is 0.625. The second kappa shape index (κ2) is 6.20. The first kappa shape index (κ1) is 12.6. The zero-order valence-corrected chi connectivity index (χ0v) is 11.2. The van der Waals surface area contributed by atoms with Crippen molar-refractivity contribution in [1.29, 1.82) is 0 Å². The van der Waals surface area contributed by atoms with Gasteiger partial charge < -0.3 is 5.32 Å². The third-order valence-electron chi connectivity index (χ3n) is 3.98. The summed E-state index contributed by atoms with van der Waals surface area (Å²) in [5.74, 6) is 0.805. The van der Waals surface area contributed by atoms with Crippen LogP contribution in [0, 0.1) is 6.92 Å². The van der Waals surface area contributed by atoms with Crippen molar-refractivity contribution in [3.63, 3.8) is 0 Å². The molecular weight excluding hydrogens is 206 g/mol. The Hall–Kier alpha value is -0.820. The lowest BCUT2D eigenvalue weighted by molar-refractivity contribution is 0.289. The minimum Gasteiger partial charge on any atom is -0.314 e. The molecule has 0 saturated heterocycles. The summed E-state index contributed by atoms with van der Waals surface area (Å²) in [5, 5.41) is 3.67. The summed E-state index contributed by atoms with van der Waals surface area (Å²) >= 11 is 0. The molecule has 1 N–H and O–H groups in total. The van der Waals surface area contributed by atoms with Gasteiger partial charge in [-0.3, -0.25) is 0 Å². The van der Waals surface area contributed by atoms with Crippen molar-refractivity contribution in [2.45, 2.75) is 57.9 Å². The highest BCUT2D eigenvalue weighted by Crippen LogP contribution is 2.38. The fourth-order valence-electron chi connectivity index (χ4n) is 2.76. The maximum absolute atomic E-state index is 3.67. The largest absolute Gasteiger partial charge is 0.314 e. The maximum atomic E-state index is 3.67. The average molecular weight is 231 g/mol. The normalized spacial score (nSPS) is 23.4. The number of hydrogen-bond donors (Lipinski definition) is 1. The van der Waals surface area contributed by atoms with Crippen molar-refractivity contribution in [3.8, 4) is 0 Å². The van der Waals surface area contributed by atoms with Gasteiger partial charge in [0.1, 0.15) is 0 Å². The molecule has 1 aliphatic carbocycles. The summed E-state index contributed by atoms with van der Waals surface area (Å²) < 4.78 is 0. The zero-order chi connectivity index (χ0) is 12.1. The Bertz CT molecular complexity index is 339. The smallest absolute Gasteiger partial charge is 0.00787 e. The predicted molar refractivity (Wildman–Crippen MR) is 74.5 cm³/mol. The number of unbranched alkanes of at least 4 members (excludes halogenated alkanes) is 2. The molecule has 0 bridgehead atoms. The summed E-state index contributed by atoms with van der Waals surface area (Å²) in [6.45, 7) is 5.70. The van der Waals surface area contributed by atoms with Crippen LogP contribution >= 0.6 is 0 Å². The van der Waals surface area contributed by atoms with Gasteiger partial charge in [-0.05, 0) is 49.8 Å². The van der Waals surface area contributed by atoms with Crippen LogP contribution < -0.4 is 5.32 Å². The standard InChI is InChI=1S/C16H25N/c1-3-4-7-10-17-15-11-14(12-15)16-9-6-5-8-13(16)2/h5-6,8-9,14-15,17H,3-4,7,10-12H2,1-2H3. The highest BCUT2D eigenvalue weighted by atomic mass is 14.9. The first-order chi connectivity index (χ1) is 8.31. The van der Waals surface area contributed by atoms with Crippen LogP contribution in [0.5, 0.6) is 0 Å². The van der Waals surface area contributed by atoms with Crippen LogP contribution in [0.4, 0.5) is 0 Å². The third kappa shape index (κ3) is 3.32. The molecule has 94 valence electrons. The molecule has 1 aromatic carbocycles. The van der Waals surface area contributed by atoms with Crippen LogP contribution in [-0.4, -0.2) is 12.6 Å². The van der Waals surface area contributed by atoms with E-state index in [0.717, 1.165) is 12.0 Å². The molecule has 0 atom stereocenters. The first-order valence-electron chi connectivity index (χ1n) is 7.10. The molecule has 0 spiro atoms. The van der Waals surface area contributed by atoms with Crippen molar-refractivity contribution < 1.29 is 0 Å². The van der Waals surface area contributed by atoms with Gasteiger partial charge in [-0.2, -0.15) is 0 Å². The van der Waals surface area contributed by atoms with Gasteiger partial charge in [-0.15, -0.1) is 0 Å². The van der Waals surface area contributed by atoms with E-state index in [1.165, 1.54) is 44.2 Å². The van der Waals surface area contributed by atoms with Gasteiger partial charge in [-0.25, -0.2) is 0 Å². The van der Waals surface area contributed by atoms with E-state index in [-0.39, 0.29) is 0 Å². The molecule has 0 unspecified atom stereocenters. The lowest BCUT2D eigenvalue weighted by Crippen LogP contribution is -2.40. The van der Waals surface area contributed by atoms with Crippen LogP contribution in [0.1, 0.15) is 56.1 Å². The Morgan fingerprint density at radius 3 is 2.65 bits per heavy atom. The molecule has 1 aliphatic rings. The van der Waals surface area contributed by atoms with Crippen LogP contribution in [0.25, 0.3) is 0 Å². The maximum Gasteiger partial charge on any atom is 0.00787 e. The molecule has 0 amide bonds. The molecule has 0 aliphatic heterocycles. The minimum absolute atomic E-state index is 0.775. The summed E-state index contributed by atoms with van der Waals surface area (Å²) in [5.41, 5.74) is 3.03. The van der Waals surface area contributed by atoms with Gasteiger partial charge in [0.25, 0.3) is 0 Å². The van der Waals surface area contributed by atoms with E-state index in [1.807, 2.05) is 0 Å². The molecule has 1 aromatic rings. The molecule has 1 fully saturated rings. The Kier molecular flexibility index (Phi) is 4.61. The van der Waals surface area contributed by atoms with Crippen molar-refractivity contribution in [2.24, 2.45) is 0 Å². The lowest BCUT2D eigenvalue weighted by atomic mass is 9.74. The molecular formula is C16H25N. The third-order valence-corrected chi connectivity index (χ3v) is 3.98. The summed E-state index contributed by atoms with van der Waals surface area (Å²) in [4.78, 5) is 0. The summed E-state index contributed by atoms with van der Waals surface area (Å²) in [7, 11) is 0. The van der Waals surface area contributed by atoms with Crippen LogP contribution in [-0.2, 0) is 0 Å². The quantitative estimate of drug-likeness (QED) is 0.729. The van der Waals surface area contributed by atoms with Crippen molar-refractivity contribution >= 4 is 0 Å². The summed E-state index contributed by atoms with van der Waals surface area (Å²) in [6, 6.07) is 9.61. The zero-order valence-electron chi connectivity index (χ0n) is 11.2. The monoisotopic (exact) mass is 231 g/mol. The highest BCUT2D eigenvalue weighted by Gasteiger charge is 2.30. The Balaban J connectivity index is 1.70. The molecule has 1 heteroatoms. The number of aryl methyl sites for hydroxylation is 1. The van der Waals surface area contributed by atoms with E-state index in [4.69, 9.17) is 0 Å². The van der Waals surface area contributed by atoms with E-state index >= 15 is 0 Å². The highest BCUT2D eigenvalue weighted by molar-refractivity contribution is 5.31. The van der Waals surface area contributed by atoms with Gasteiger partial charge in [0.2, 0.25) is 0 Å². The number of rotatable bonds is 6. The van der Waals surface area contributed by atoms with Crippen molar-refractivity contribution in [3.05, 3.63) is 35.4 Å². The number of benzene rings is 1. The molecule has 1 nitrogen and oxygen atoms in total. The van der Waals surface area contributed by atoms with Gasteiger partial charge in [0, 0.05) is 6.04 Å². The van der Waals surface area contributed by atoms with Crippen LogP contribution in [0.2, 0.25) is 0 Å². The van der Waals surface area contributed by atoms with Crippen molar-refractivity contribution in [2.75, 3.05) is 6.54 Å². The lowest BCUT2D eigenvalue weighted by Gasteiger charge is -2.37. The predicted octanol–water partition coefficient (Wildman–Crippen LogP) is 4.02. The fourth-order valence-corrected chi connectivity index (χ4v) is 2.76. The van der Waals surface area contributed by atoms with Gasteiger partial charge >= 0.3 is 0 Å². The van der Waals surface area contributed by atoms with Crippen molar-refractivity contribution in [1.82, 2.24) is 5.32 Å². The van der Waals surface area contributed by atoms with Crippen LogP contribution in [0.3, 0.4) is 0 Å². The van der Waals surface area contributed by atoms with E-state index < -0.39 is 0 Å². The van der Waals surface area contributed by atoms with Crippen LogP contribution in [0.15, 0.2) is 24.3 Å². The molecule has 0 aromatic heterocycles. The summed E-state index contributed by atoms with van der Waals surface area (Å²) in [6.07, 6.45) is 6.68. The Morgan fingerprint density at radius 1 is 1.18 bits per heavy atom. The number of hydrogen-bond acceptors (Lipinski definition) is 1. The van der Waals surface area contributed by atoms with E-state index in [2.05, 4.69) is 43.4 Å². The second-order valence-electron chi connectivity index (χ2n) is 5.38. The van der Waals surface area contributed by atoms with E-state index in [1.54, 1.807) is 5.56 Å². The van der Waals surface area contributed by atoms with E-state index in [0.29, 0.717) is 0 Å². The molecule has 2 rings (SSSR count). The topological polar surface area (TPSA) is 12.0 Å². The van der Waals surface area contributed by atoms with E-state index in [9.17, 15) is 0 Å². The number of nitrogens with one attached hydrogen (secondary N) is 1. The first-order valence-corrected chi connectivity index (χ1v) is 7.10. The molecule has 17 heavy (non-hydrogen) atoms. The average Bonchev–Trinajstić information content (AvgIpc) is 2.28. The van der Waals surface area contributed by atoms with Gasteiger partial charge in [-0.1, -0.05) is 44.0 Å². The Morgan fingerprint density at radius 2 is 1.94 bits per heavy atom. The molecule has 1 saturated carbocycles. The minimum atomic E-state index is 0.775.